The van der Waals surface area contributed by atoms with E-state index < -0.39 is 24.0 Å². The second-order valence-electron chi connectivity index (χ2n) is 8.04. The van der Waals surface area contributed by atoms with Crippen LogP contribution in [-0.4, -0.2) is 20.3 Å². The molecule has 2 aliphatic carbocycles. The van der Waals surface area contributed by atoms with Crippen LogP contribution in [0.15, 0.2) is 12.1 Å². The normalized spacial score (nSPS) is 29.1. The average molecular weight is 388 g/mol. The van der Waals surface area contributed by atoms with Gasteiger partial charge in [0.25, 0.3) is 0 Å². The van der Waals surface area contributed by atoms with Gasteiger partial charge < -0.3 is 9.47 Å². The van der Waals surface area contributed by atoms with Crippen molar-refractivity contribution in [3.63, 3.8) is 0 Å². The van der Waals surface area contributed by atoms with Crippen molar-refractivity contribution in [1.82, 2.24) is 0 Å². The van der Waals surface area contributed by atoms with Gasteiger partial charge in [0, 0.05) is 13.7 Å². The fraction of sp³-hybridized carbons (Fsp3) is 0.714. The van der Waals surface area contributed by atoms with Crippen molar-refractivity contribution in [2.24, 2.45) is 17.8 Å². The Morgan fingerprint density at radius 2 is 1.41 bits per heavy atom. The molecule has 0 spiro atoms. The summed E-state index contributed by atoms with van der Waals surface area (Å²) >= 11 is 0. The molecule has 152 valence electrons. The third kappa shape index (κ3) is 5.15. The smallest absolute Gasteiger partial charge is 0.387 e. The first-order valence-electron chi connectivity index (χ1n) is 9.90. The van der Waals surface area contributed by atoms with Crippen molar-refractivity contribution < 1.29 is 27.0 Å². The second kappa shape index (κ2) is 9.26. The fourth-order valence-corrected chi connectivity index (χ4v) is 5.00. The SMILES string of the molecule is COCC1CCC(C2CCC(c3cc(F)c(OC(F)F)c(F)c3)CC2)CC1. The molecule has 27 heavy (non-hydrogen) atoms. The van der Waals surface area contributed by atoms with E-state index in [-0.39, 0.29) is 5.92 Å². The minimum Gasteiger partial charge on any atom is -0.429 e. The first kappa shape index (κ1) is 20.4. The highest BCUT2D eigenvalue weighted by atomic mass is 19.3. The molecule has 3 rings (SSSR count). The van der Waals surface area contributed by atoms with Crippen LogP contribution in [0.3, 0.4) is 0 Å². The molecule has 0 unspecified atom stereocenters. The average Bonchev–Trinajstić information content (AvgIpc) is 2.65. The highest BCUT2D eigenvalue weighted by molar-refractivity contribution is 5.33. The highest BCUT2D eigenvalue weighted by Crippen LogP contribution is 2.44. The van der Waals surface area contributed by atoms with E-state index in [4.69, 9.17) is 4.74 Å². The molecule has 2 saturated carbocycles. The first-order valence-corrected chi connectivity index (χ1v) is 9.90. The van der Waals surface area contributed by atoms with Gasteiger partial charge in [-0.2, -0.15) is 8.78 Å². The predicted octanol–water partition coefficient (Wildman–Crippen LogP) is 6.29. The van der Waals surface area contributed by atoms with E-state index in [1.165, 1.54) is 25.7 Å². The van der Waals surface area contributed by atoms with E-state index in [0.717, 1.165) is 50.3 Å². The van der Waals surface area contributed by atoms with Gasteiger partial charge in [0.05, 0.1) is 0 Å². The number of methoxy groups -OCH3 is 1. The molecular formula is C21H28F4O2. The van der Waals surface area contributed by atoms with Crippen molar-refractivity contribution in [3.8, 4) is 5.75 Å². The van der Waals surface area contributed by atoms with Crippen molar-refractivity contribution in [2.45, 2.75) is 63.9 Å². The lowest BCUT2D eigenvalue weighted by Gasteiger charge is -2.38. The Bertz CT molecular complexity index is 583. The van der Waals surface area contributed by atoms with Crippen LogP contribution < -0.4 is 4.74 Å². The highest BCUT2D eigenvalue weighted by Gasteiger charge is 2.32. The Kier molecular flexibility index (Phi) is 7.01. The largest absolute Gasteiger partial charge is 0.429 e. The molecule has 0 aromatic heterocycles. The molecule has 6 heteroatoms. The third-order valence-electron chi connectivity index (χ3n) is 6.43. The number of hydrogen-bond donors (Lipinski definition) is 0. The summed E-state index contributed by atoms with van der Waals surface area (Å²) in [4.78, 5) is 0. The first-order chi connectivity index (χ1) is 13.0. The molecule has 0 bridgehead atoms. The Morgan fingerprint density at radius 3 is 1.89 bits per heavy atom. The summed E-state index contributed by atoms with van der Waals surface area (Å²) in [6.45, 7) is -2.39. The number of alkyl halides is 2. The molecule has 0 N–H and O–H groups in total. The maximum absolute atomic E-state index is 14.0. The zero-order valence-corrected chi connectivity index (χ0v) is 15.7. The van der Waals surface area contributed by atoms with Crippen LogP contribution in [0.2, 0.25) is 0 Å². The number of halogens is 4. The number of ether oxygens (including phenoxy) is 2. The topological polar surface area (TPSA) is 18.5 Å². The fourth-order valence-electron chi connectivity index (χ4n) is 5.00. The molecule has 1 aromatic rings. The van der Waals surface area contributed by atoms with Crippen LogP contribution in [0, 0.1) is 29.4 Å². The molecule has 2 fully saturated rings. The lowest BCUT2D eigenvalue weighted by atomic mass is 9.68. The van der Waals surface area contributed by atoms with Gasteiger partial charge in [-0.3, -0.25) is 0 Å². The Labute approximate surface area is 158 Å². The summed E-state index contributed by atoms with van der Waals surface area (Å²) in [6.07, 6.45) is 8.82. The molecule has 0 atom stereocenters. The van der Waals surface area contributed by atoms with Gasteiger partial charge in [0.15, 0.2) is 17.4 Å². The maximum Gasteiger partial charge on any atom is 0.387 e. The van der Waals surface area contributed by atoms with Gasteiger partial charge in [-0.25, -0.2) is 8.78 Å². The van der Waals surface area contributed by atoms with E-state index in [1.54, 1.807) is 7.11 Å². The zero-order valence-electron chi connectivity index (χ0n) is 15.7. The Balaban J connectivity index is 1.55. The minimum atomic E-state index is -3.24. The van der Waals surface area contributed by atoms with Crippen LogP contribution in [0.5, 0.6) is 5.75 Å². The van der Waals surface area contributed by atoms with E-state index in [1.807, 2.05) is 0 Å². The van der Waals surface area contributed by atoms with Crippen LogP contribution in [0.1, 0.15) is 62.8 Å². The number of benzene rings is 1. The summed E-state index contributed by atoms with van der Waals surface area (Å²) in [5.74, 6) is -0.906. The van der Waals surface area contributed by atoms with Crippen molar-refractivity contribution in [1.29, 1.82) is 0 Å². The van der Waals surface area contributed by atoms with Crippen LogP contribution in [0.25, 0.3) is 0 Å². The molecule has 0 aliphatic heterocycles. The summed E-state index contributed by atoms with van der Waals surface area (Å²) in [7, 11) is 1.76. The minimum absolute atomic E-state index is 0.0793. The molecule has 0 heterocycles. The Morgan fingerprint density at radius 1 is 0.889 bits per heavy atom. The van der Waals surface area contributed by atoms with Gasteiger partial charge >= 0.3 is 6.61 Å². The molecule has 0 amide bonds. The molecule has 2 nitrogen and oxygen atoms in total. The maximum atomic E-state index is 14.0. The number of hydrogen-bond acceptors (Lipinski definition) is 2. The van der Waals surface area contributed by atoms with Crippen LogP contribution in [0.4, 0.5) is 17.6 Å². The summed E-state index contributed by atoms with van der Waals surface area (Å²) in [5, 5.41) is 0. The quantitative estimate of drug-likeness (QED) is 0.533. The van der Waals surface area contributed by atoms with E-state index in [9.17, 15) is 17.6 Å². The molecule has 0 radical (unpaired) electrons. The summed E-state index contributed by atoms with van der Waals surface area (Å²) in [5.41, 5.74) is 0.550. The standard InChI is InChI=1S/C21H28F4O2/c1-26-12-13-2-4-14(5-3-13)15-6-8-16(9-7-15)17-10-18(22)20(19(23)11-17)27-21(24)25/h10-11,13-16,21H,2-9,12H2,1H3. The summed E-state index contributed by atoms with van der Waals surface area (Å²) in [6, 6.07) is 2.31. The lowest BCUT2D eigenvalue weighted by Crippen LogP contribution is -2.26. The Hall–Kier alpha value is -1.30. The van der Waals surface area contributed by atoms with Gasteiger partial charge in [0.1, 0.15) is 0 Å². The van der Waals surface area contributed by atoms with Gasteiger partial charge in [-0.1, -0.05) is 0 Å². The van der Waals surface area contributed by atoms with Crippen LogP contribution >= 0.6 is 0 Å². The van der Waals surface area contributed by atoms with E-state index in [0.29, 0.717) is 17.4 Å². The monoisotopic (exact) mass is 388 g/mol. The van der Waals surface area contributed by atoms with Gasteiger partial charge in [-0.15, -0.1) is 0 Å². The summed E-state index contributed by atoms with van der Waals surface area (Å²) < 4.78 is 61.7. The van der Waals surface area contributed by atoms with Crippen molar-refractivity contribution in [2.75, 3.05) is 13.7 Å². The van der Waals surface area contributed by atoms with Gasteiger partial charge in [0.2, 0.25) is 0 Å². The predicted molar refractivity (Wildman–Crippen MR) is 95.0 cm³/mol. The lowest BCUT2D eigenvalue weighted by molar-refractivity contribution is -0.0546. The van der Waals surface area contributed by atoms with E-state index in [2.05, 4.69) is 4.74 Å². The molecule has 0 saturated heterocycles. The van der Waals surface area contributed by atoms with Crippen LogP contribution in [-0.2, 0) is 4.74 Å². The van der Waals surface area contributed by atoms with Gasteiger partial charge in [-0.05, 0) is 92.7 Å². The molecular weight excluding hydrogens is 360 g/mol. The molecule has 1 aromatic carbocycles. The third-order valence-corrected chi connectivity index (χ3v) is 6.43. The van der Waals surface area contributed by atoms with Crippen molar-refractivity contribution in [3.05, 3.63) is 29.3 Å². The zero-order chi connectivity index (χ0) is 19.4. The number of rotatable bonds is 6. The van der Waals surface area contributed by atoms with Crippen molar-refractivity contribution >= 4 is 0 Å². The second-order valence-corrected chi connectivity index (χ2v) is 8.04. The molecule has 2 aliphatic rings. The van der Waals surface area contributed by atoms with E-state index >= 15 is 0 Å².